The van der Waals surface area contributed by atoms with E-state index in [1.165, 1.54) is 18.2 Å². The van der Waals surface area contributed by atoms with Crippen LogP contribution in [0, 0.1) is 12.7 Å². The number of aryl methyl sites for hydroxylation is 1. The molecule has 1 fully saturated rings. The van der Waals surface area contributed by atoms with Crippen molar-refractivity contribution in [2.75, 3.05) is 13.2 Å². The Balaban J connectivity index is 1.29. The highest BCUT2D eigenvalue weighted by Gasteiger charge is 2.14. The van der Waals surface area contributed by atoms with E-state index in [4.69, 9.17) is 9.47 Å². The predicted octanol–water partition coefficient (Wildman–Crippen LogP) is 6.28. The van der Waals surface area contributed by atoms with E-state index in [-0.39, 0.29) is 11.9 Å². The van der Waals surface area contributed by atoms with E-state index in [0.29, 0.717) is 29.6 Å². The number of rotatable bonds is 8. The van der Waals surface area contributed by atoms with Crippen molar-refractivity contribution in [3.63, 3.8) is 0 Å². The monoisotopic (exact) mass is 504 g/mol. The van der Waals surface area contributed by atoms with Crippen LogP contribution in [-0.4, -0.2) is 34.4 Å². The van der Waals surface area contributed by atoms with Crippen molar-refractivity contribution in [1.29, 1.82) is 0 Å². The highest BCUT2D eigenvalue weighted by Crippen LogP contribution is 2.29. The van der Waals surface area contributed by atoms with Gasteiger partial charge < -0.3 is 14.8 Å². The standard InChI is InChI=1S/C29H30F2N4O2/c1-18-11-21(13-22(30)12-18)19(2)37-25-5-6-28-26(14-25)29(35-34-28)15-27(31)20-3-4-24(32-16-20)17-33-23-7-9-36-10-8-23/h3-6,11-16,19,23,33H,7-10,17H2,1-2H3,(H,34,35)/b27-15-. The summed E-state index contributed by atoms with van der Waals surface area (Å²) in [6.45, 7) is 5.90. The summed E-state index contributed by atoms with van der Waals surface area (Å²) in [5, 5.41) is 11.4. The normalized spacial score (nSPS) is 15.7. The summed E-state index contributed by atoms with van der Waals surface area (Å²) in [5.41, 5.74) is 4.03. The third-order valence-electron chi connectivity index (χ3n) is 6.57. The minimum absolute atomic E-state index is 0.295. The van der Waals surface area contributed by atoms with Crippen molar-refractivity contribution in [2.45, 2.75) is 45.4 Å². The lowest BCUT2D eigenvalue weighted by atomic mass is 10.1. The van der Waals surface area contributed by atoms with Crippen LogP contribution in [0.25, 0.3) is 22.8 Å². The number of ether oxygens (including phenoxy) is 2. The molecule has 6 nitrogen and oxygen atoms in total. The lowest BCUT2D eigenvalue weighted by Gasteiger charge is -2.23. The molecule has 3 heterocycles. The number of H-pyrrole nitrogens is 1. The van der Waals surface area contributed by atoms with Crippen LogP contribution in [0.1, 0.15) is 53.9 Å². The molecule has 1 atom stereocenters. The van der Waals surface area contributed by atoms with Crippen LogP contribution >= 0.6 is 0 Å². The quantitative estimate of drug-likeness (QED) is 0.295. The summed E-state index contributed by atoms with van der Waals surface area (Å²) < 4.78 is 40.4. The molecular formula is C29H30F2N4O2. The van der Waals surface area contributed by atoms with Gasteiger partial charge in [0.25, 0.3) is 0 Å². The van der Waals surface area contributed by atoms with Gasteiger partial charge in [0.15, 0.2) is 0 Å². The average molecular weight is 505 g/mol. The van der Waals surface area contributed by atoms with E-state index in [0.717, 1.165) is 53.8 Å². The molecule has 1 aliphatic rings. The molecule has 1 aliphatic heterocycles. The van der Waals surface area contributed by atoms with Gasteiger partial charge in [0.05, 0.1) is 16.9 Å². The highest BCUT2D eigenvalue weighted by molar-refractivity contribution is 5.91. The first-order chi connectivity index (χ1) is 17.9. The number of pyridine rings is 1. The van der Waals surface area contributed by atoms with Gasteiger partial charge in [-0.15, -0.1) is 0 Å². The molecule has 37 heavy (non-hydrogen) atoms. The lowest BCUT2D eigenvalue weighted by Crippen LogP contribution is -2.34. The first-order valence-corrected chi connectivity index (χ1v) is 12.5. The fraction of sp³-hybridized carbons (Fsp3) is 0.310. The van der Waals surface area contributed by atoms with Gasteiger partial charge in [-0.25, -0.2) is 8.78 Å². The summed E-state index contributed by atoms with van der Waals surface area (Å²) in [6.07, 6.45) is 4.55. The third kappa shape index (κ3) is 6.21. The first-order valence-electron chi connectivity index (χ1n) is 12.5. The van der Waals surface area contributed by atoms with Crippen LogP contribution in [-0.2, 0) is 11.3 Å². The fourth-order valence-electron chi connectivity index (χ4n) is 4.49. The largest absolute Gasteiger partial charge is 0.486 e. The maximum absolute atomic E-state index is 15.1. The molecule has 1 saturated heterocycles. The summed E-state index contributed by atoms with van der Waals surface area (Å²) in [6, 6.07) is 14.3. The summed E-state index contributed by atoms with van der Waals surface area (Å²) in [4.78, 5) is 4.41. The van der Waals surface area contributed by atoms with Crippen LogP contribution in [0.2, 0.25) is 0 Å². The molecule has 0 amide bonds. The number of nitrogens with one attached hydrogen (secondary N) is 2. The molecule has 2 N–H and O–H groups in total. The van der Waals surface area contributed by atoms with Crippen molar-refractivity contribution in [3.8, 4) is 5.75 Å². The number of aromatic nitrogens is 3. The Morgan fingerprint density at radius 2 is 2.03 bits per heavy atom. The molecule has 2 aromatic carbocycles. The number of benzene rings is 2. The molecular weight excluding hydrogens is 474 g/mol. The Hall–Kier alpha value is -3.62. The van der Waals surface area contributed by atoms with Crippen LogP contribution in [0.3, 0.4) is 0 Å². The maximum Gasteiger partial charge on any atom is 0.134 e. The highest BCUT2D eigenvalue weighted by atomic mass is 19.1. The maximum atomic E-state index is 15.1. The molecule has 0 spiro atoms. The van der Waals surface area contributed by atoms with E-state index in [9.17, 15) is 4.39 Å². The molecule has 0 saturated carbocycles. The van der Waals surface area contributed by atoms with Crippen LogP contribution in [0.15, 0.2) is 54.7 Å². The van der Waals surface area contributed by atoms with Crippen molar-refractivity contribution >= 4 is 22.8 Å². The molecule has 5 rings (SSSR count). The number of hydrogen-bond acceptors (Lipinski definition) is 5. The van der Waals surface area contributed by atoms with E-state index in [1.54, 1.807) is 12.3 Å². The van der Waals surface area contributed by atoms with Gasteiger partial charge in [-0.1, -0.05) is 6.07 Å². The molecule has 2 aromatic heterocycles. The van der Waals surface area contributed by atoms with Gasteiger partial charge in [-0.2, -0.15) is 5.10 Å². The Labute approximate surface area is 214 Å². The zero-order chi connectivity index (χ0) is 25.8. The second-order valence-corrected chi connectivity index (χ2v) is 9.44. The molecule has 0 radical (unpaired) electrons. The zero-order valence-corrected chi connectivity index (χ0v) is 20.9. The van der Waals surface area contributed by atoms with E-state index in [1.807, 2.05) is 44.2 Å². The SMILES string of the molecule is Cc1cc(F)cc(C(C)Oc2ccc3[nH]nc(/C=C(\F)c4ccc(CNC5CCOCC5)nc4)c3c2)c1. The fourth-order valence-corrected chi connectivity index (χ4v) is 4.49. The molecule has 4 aromatic rings. The lowest BCUT2D eigenvalue weighted by molar-refractivity contribution is 0.0775. The van der Waals surface area contributed by atoms with Crippen LogP contribution < -0.4 is 10.1 Å². The Morgan fingerprint density at radius 1 is 1.19 bits per heavy atom. The smallest absolute Gasteiger partial charge is 0.134 e. The number of nitrogens with zero attached hydrogens (tertiary/aromatic N) is 2. The Morgan fingerprint density at radius 3 is 2.78 bits per heavy atom. The summed E-state index contributed by atoms with van der Waals surface area (Å²) >= 11 is 0. The van der Waals surface area contributed by atoms with Gasteiger partial charge in [0.2, 0.25) is 0 Å². The third-order valence-corrected chi connectivity index (χ3v) is 6.57. The van der Waals surface area contributed by atoms with Gasteiger partial charge in [-0.3, -0.25) is 10.1 Å². The summed E-state index contributed by atoms with van der Waals surface area (Å²) in [5.74, 6) is -0.141. The van der Waals surface area contributed by atoms with Crippen molar-refractivity contribution in [2.24, 2.45) is 0 Å². The topological polar surface area (TPSA) is 72.1 Å². The first kappa shape index (κ1) is 25.0. The minimum atomic E-state index is -0.431. The number of fused-ring (bicyclic) bond motifs is 1. The van der Waals surface area contributed by atoms with E-state index >= 15 is 4.39 Å². The van der Waals surface area contributed by atoms with Gasteiger partial charge in [-0.05, 0) is 80.3 Å². The van der Waals surface area contributed by atoms with Crippen molar-refractivity contribution < 1.29 is 18.3 Å². The van der Waals surface area contributed by atoms with Crippen LogP contribution in [0.5, 0.6) is 5.75 Å². The molecule has 1 unspecified atom stereocenters. The van der Waals surface area contributed by atoms with E-state index in [2.05, 4.69) is 20.5 Å². The predicted molar refractivity (Wildman–Crippen MR) is 140 cm³/mol. The zero-order valence-electron chi connectivity index (χ0n) is 20.9. The number of halogens is 2. The second kappa shape index (κ2) is 11.2. The second-order valence-electron chi connectivity index (χ2n) is 9.44. The molecule has 0 aliphatic carbocycles. The van der Waals surface area contributed by atoms with Gasteiger partial charge >= 0.3 is 0 Å². The Bertz CT molecular complexity index is 1370. The van der Waals surface area contributed by atoms with Gasteiger partial charge in [0, 0.05) is 49.0 Å². The molecule has 8 heteroatoms. The Kier molecular flexibility index (Phi) is 7.58. The van der Waals surface area contributed by atoms with Crippen molar-refractivity contribution in [3.05, 3.63) is 88.6 Å². The van der Waals surface area contributed by atoms with E-state index < -0.39 is 5.83 Å². The number of aromatic amines is 1. The molecule has 0 bridgehead atoms. The van der Waals surface area contributed by atoms with Crippen LogP contribution in [0.4, 0.5) is 8.78 Å². The van der Waals surface area contributed by atoms with Crippen molar-refractivity contribution in [1.82, 2.24) is 20.5 Å². The molecule has 192 valence electrons. The minimum Gasteiger partial charge on any atom is -0.486 e. The van der Waals surface area contributed by atoms with Gasteiger partial charge in [0.1, 0.15) is 23.5 Å². The average Bonchev–Trinajstić information content (AvgIpc) is 3.29. The summed E-state index contributed by atoms with van der Waals surface area (Å²) in [7, 11) is 0. The number of hydrogen-bond donors (Lipinski definition) is 2.